The third kappa shape index (κ3) is 8.29. The van der Waals surface area contributed by atoms with Gasteiger partial charge in [-0.2, -0.15) is 0 Å². The molecule has 0 aromatic heterocycles. The molecule has 5 nitrogen and oxygen atoms in total. The Morgan fingerprint density at radius 2 is 1.89 bits per heavy atom. The Kier molecular flexibility index (Phi) is 10.5. The van der Waals surface area contributed by atoms with Gasteiger partial charge in [0.25, 0.3) is 0 Å². The summed E-state index contributed by atoms with van der Waals surface area (Å²) in [4.78, 5) is 19.9. The van der Waals surface area contributed by atoms with E-state index in [0.29, 0.717) is 19.0 Å². The number of thioether (sulfide) groups is 1. The van der Waals surface area contributed by atoms with Gasteiger partial charge in [-0.15, -0.1) is 35.7 Å². The lowest BCUT2D eigenvalue weighted by Gasteiger charge is -2.22. The molecule has 152 valence electrons. The van der Waals surface area contributed by atoms with Gasteiger partial charge in [0, 0.05) is 49.3 Å². The molecule has 2 N–H and O–H groups in total. The highest BCUT2D eigenvalue weighted by molar-refractivity contribution is 14.0. The molecule has 1 aromatic rings. The van der Waals surface area contributed by atoms with Gasteiger partial charge >= 0.3 is 0 Å². The van der Waals surface area contributed by atoms with Gasteiger partial charge in [0.15, 0.2) is 5.96 Å². The van der Waals surface area contributed by atoms with Crippen molar-refractivity contribution in [3.8, 4) is 0 Å². The second-order valence-corrected chi connectivity index (χ2v) is 8.80. The molecule has 2 rings (SSSR count). The van der Waals surface area contributed by atoms with Crippen LogP contribution in [0.1, 0.15) is 27.2 Å². The average Bonchev–Trinajstić information content (AvgIpc) is 3.08. The van der Waals surface area contributed by atoms with Crippen molar-refractivity contribution >= 4 is 47.6 Å². The largest absolute Gasteiger partial charge is 0.354 e. The fourth-order valence-electron chi connectivity index (χ4n) is 2.84. The number of amides is 1. The monoisotopic (exact) mass is 504 g/mol. The van der Waals surface area contributed by atoms with Crippen molar-refractivity contribution in [2.45, 2.75) is 32.1 Å². The maximum absolute atomic E-state index is 11.9. The average molecular weight is 504 g/mol. The third-order valence-corrected chi connectivity index (χ3v) is 5.64. The molecule has 1 unspecified atom stereocenters. The number of nitrogens with one attached hydrogen (secondary N) is 2. The van der Waals surface area contributed by atoms with E-state index in [-0.39, 0.29) is 35.3 Å². The molecule has 1 saturated heterocycles. The minimum absolute atomic E-state index is 0. The number of likely N-dealkylation sites (tertiary alicyclic amines) is 1. The van der Waals surface area contributed by atoms with Crippen LogP contribution in [0.4, 0.5) is 0 Å². The number of halogens is 1. The Morgan fingerprint density at radius 3 is 2.52 bits per heavy atom. The molecule has 7 heteroatoms. The van der Waals surface area contributed by atoms with E-state index in [1.807, 2.05) is 39.6 Å². The van der Waals surface area contributed by atoms with Crippen LogP contribution in [0.2, 0.25) is 0 Å². The molecule has 0 spiro atoms. The molecule has 27 heavy (non-hydrogen) atoms. The molecule has 1 aliphatic rings. The predicted octanol–water partition coefficient (Wildman–Crippen LogP) is 3.46. The predicted molar refractivity (Wildman–Crippen MR) is 126 cm³/mol. The highest BCUT2D eigenvalue weighted by Crippen LogP contribution is 2.25. The van der Waals surface area contributed by atoms with Gasteiger partial charge in [0.2, 0.25) is 5.91 Å². The van der Waals surface area contributed by atoms with E-state index < -0.39 is 0 Å². The fraction of sp³-hybridized carbons (Fsp3) is 0.600. The van der Waals surface area contributed by atoms with Crippen molar-refractivity contribution in [1.82, 2.24) is 15.5 Å². The van der Waals surface area contributed by atoms with Crippen LogP contribution in [-0.2, 0) is 4.79 Å². The highest BCUT2D eigenvalue weighted by atomic mass is 127. The van der Waals surface area contributed by atoms with Crippen LogP contribution in [0, 0.1) is 11.3 Å². The Hall–Kier alpha value is -0.960. The van der Waals surface area contributed by atoms with Gasteiger partial charge in [-0.25, -0.2) is 0 Å². The first-order valence-corrected chi connectivity index (χ1v) is 10.3. The SMILES string of the molecule is CN=C(NCCNC(=O)C(C)(C)C)N1CCC(CSc2ccccc2)C1.I. The summed E-state index contributed by atoms with van der Waals surface area (Å²) >= 11 is 1.93. The zero-order chi connectivity index (χ0) is 19.0. The van der Waals surface area contributed by atoms with Crippen LogP contribution in [0.3, 0.4) is 0 Å². The van der Waals surface area contributed by atoms with Gasteiger partial charge in [-0.05, 0) is 24.5 Å². The third-order valence-electron chi connectivity index (χ3n) is 4.40. The van der Waals surface area contributed by atoms with Gasteiger partial charge in [0.05, 0.1) is 0 Å². The van der Waals surface area contributed by atoms with E-state index in [2.05, 4.69) is 50.9 Å². The summed E-state index contributed by atoms with van der Waals surface area (Å²) < 4.78 is 0. The number of rotatable bonds is 6. The maximum atomic E-state index is 11.9. The molecule has 1 aromatic carbocycles. The van der Waals surface area contributed by atoms with Crippen LogP contribution >= 0.6 is 35.7 Å². The Bertz CT molecular complexity index is 604. The van der Waals surface area contributed by atoms with Gasteiger partial charge < -0.3 is 15.5 Å². The number of nitrogens with zero attached hydrogens (tertiary/aromatic N) is 2. The van der Waals surface area contributed by atoms with Crippen molar-refractivity contribution in [3.05, 3.63) is 30.3 Å². The van der Waals surface area contributed by atoms with Crippen molar-refractivity contribution in [2.24, 2.45) is 16.3 Å². The van der Waals surface area contributed by atoms with Gasteiger partial charge in [-0.1, -0.05) is 39.0 Å². The molecule has 0 bridgehead atoms. The summed E-state index contributed by atoms with van der Waals surface area (Å²) in [6, 6.07) is 10.6. The second-order valence-electron chi connectivity index (χ2n) is 7.70. The molecular weight excluding hydrogens is 471 g/mol. The van der Waals surface area contributed by atoms with Crippen LogP contribution in [-0.4, -0.2) is 55.7 Å². The Balaban J connectivity index is 0.00000364. The highest BCUT2D eigenvalue weighted by Gasteiger charge is 2.25. The van der Waals surface area contributed by atoms with Crippen LogP contribution in [0.5, 0.6) is 0 Å². The number of carbonyl (C=O) groups excluding carboxylic acids is 1. The first-order valence-electron chi connectivity index (χ1n) is 9.32. The Labute approximate surface area is 185 Å². The summed E-state index contributed by atoms with van der Waals surface area (Å²) in [5, 5.41) is 6.33. The zero-order valence-corrected chi connectivity index (χ0v) is 20.0. The quantitative estimate of drug-likeness (QED) is 0.205. The molecule has 1 amide bonds. The molecule has 1 heterocycles. The lowest BCUT2D eigenvalue weighted by molar-refractivity contribution is -0.128. The smallest absolute Gasteiger partial charge is 0.225 e. The van der Waals surface area contributed by atoms with Crippen molar-refractivity contribution in [1.29, 1.82) is 0 Å². The van der Waals surface area contributed by atoms with Crippen molar-refractivity contribution < 1.29 is 4.79 Å². The van der Waals surface area contributed by atoms with Gasteiger partial charge in [-0.3, -0.25) is 9.79 Å². The van der Waals surface area contributed by atoms with E-state index in [1.165, 1.54) is 11.3 Å². The minimum Gasteiger partial charge on any atom is -0.354 e. The van der Waals surface area contributed by atoms with E-state index >= 15 is 0 Å². The lowest BCUT2D eigenvalue weighted by atomic mass is 9.96. The van der Waals surface area contributed by atoms with Gasteiger partial charge in [0.1, 0.15) is 0 Å². The van der Waals surface area contributed by atoms with Crippen LogP contribution in [0.25, 0.3) is 0 Å². The number of hydrogen-bond acceptors (Lipinski definition) is 3. The van der Waals surface area contributed by atoms with Crippen LogP contribution < -0.4 is 10.6 Å². The summed E-state index contributed by atoms with van der Waals surface area (Å²) in [6.07, 6.45) is 1.20. The minimum atomic E-state index is -0.347. The summed E-state index contributed by atoms with van der Waals surface area (Å²) in [7, 11) is 1.82. The van der Waals surface area contributed by atoms with E-state index in [1.54, 1.807) is 0 Å². The van der Waals surface area contributed by atoms with Crippen molar-refractivity contribution in [2.75, 3.05) is 39.0 Å². The second kappa shape index (κ2) is 11.8. The normalized spacial score (nSPS) is 17.4. The van der Waals surface area contributed by atoms with Crippen molar-refractivity contribution in [3.63, 3.8) is 0 Å². The number of carbonyl (C=O) groups is 1. The number of aliphatic imine (C=N–C) groups is 1. The number of benzene rings is 1. The van der Waals surface area contributed by atoms with Crippen LogP contribution in [0.15, 0.2) is 40.2 Å². The number of hydrogen-bond donors (Lipinski definition) is 2. The zero-order valence-electron chi connectivity index (χ0n) is 16.8. The summed E-state index contributed by atoms with van der Waals surface area (Å²) in [5.41, 5.74) is -0.347. The first kappa shape index (κ1) is 24.1. The molecule has 1 atom stereocenters. The Morgan fingerprint density at radius 1 is 1.22 bits per heavy atom. The molecular formula is C20H33IN4OS. The van der Waals surface area contributed by atoms with E-state index in [9.17, 15) is 4.79 Å². The fourth-order valence-corrected chi connectivity index (χ4v) is 3.89. The molecule has 1 fully saturated rings. The molecule has 0 aliphatic carbocycles. The molecule has 0 saturated carbocycles. The van der Waals surface area contributed by atoms with E-state index in [4.69, 9.17) is 0 Å². The standard InChI is InChI=1S/C20H32N4OS.HI/c1-20(2,3)18(25)22-11-12-23-19(21-4)24-13-10-16(14-24)15-26-17-8-6-5-7-9-17;/h5-9,16H,10-15H2,1-4H3,(H,21,23)(H,22,25);1H. The molecule has 0 radical (unpaired) electrons. The summed E-state index contributed by atoms with van der Waals surface area (Å²) in [6.45, 7) is 9.14. The first-order chi connectivity index (χ1) is 12.4. The summed E-state index contributed by atoms with van der Waals surface area (Å²) in [5.74, 6) is 2.83. The number of guanidine groups is 1. The molecule has 1 aliphatic heterocycles. The maximum Gasteiger partial charge on any atom is 0.225 e. The van der Waals surface area contributed by atoms with E-state index in [0.717, 1.165) is 24.8 Å². The topological polar surface area (TPSA) is 56.7 Å². The lowest BCUT2D eigenvalue weighted by Crippen LogP contribution is -2.44.